The first-order valence-electron chi connectivity index (χ1n) is 8.71. The molecule has 0 aliphatic rings. The van der Waals surface area contributed by atoms with Crippen LogP contribution in [0.5, 0.6) is 0 Å². The molecule has 1 aromatic heterocycles. The number of aromatic nitrogens is 1. The molecule has 2 N–H and O–H groups in total. The van der Waals surface area contributed by atoms with Gasteiger partial charge in [-0.3, -0.25) is 9.59 Å². The Labute approximate surface area is 189 Å². The maximum Gasteiger partial charge on any atom is 0.405 e. The highest BCUT2D eigenvalue weighted by Crippen LogP contribution is 2.30. The number of aryl methyl sites for hydroxylation is 1. The quantitative estimate of drug-likeness (QED) is 0.465. The summed E-state index contributed by atoms with van der Waals surface area (Å²) in [5.41, 5.74) is 1.73. The largest absolute Gasteiger partial charge is 0.405 e. The molecule has 0 radical (unpaired) electrons. The molecule has 5 nitrogen and oxygen atoms in total. The zero-order chi connectivity index (χ0) is 22.8. The molecule has 0 aliphatic carbocycles. The summed E-state index contributed by atoms with van der Waals surface area (Å²) in [5, 5.41) is 7.30. The molecule has 162 valence electrons. The topological polar surface area (TPSA) is 71.1 Å². The number of rotatable bonds is 5. The lowest BCUT2D eigenvalue weighted by Crippen LogP contribution is -2.33. The summed E-state index contributed by atoms with van der Waals surface area (Å²) in [6.07, 6.45) is -4.52. The number of carbonyl (C=O) groups excluding carboxylic acids is 2. The van der Waals surface area contributed by atoms with Crippen molar-refractivity contribution in [3.8, 4) is 10.6 Å². The number of amides is 2. The Balaban J connectivity index is 1.75. The van der Waals surface area contributed by atoms with Crippen molar-refractivity contribution >= 4 is 52.0 Å². The summed E-state index contributed by atoms with van der Waals surface area (Å²) in [5.74, 6) is -1.43. The minimum absolute atomic E-state index is 0.0140. The van der Waals surface area contributed by atoms with Gasteiger partial charge in [-0.2, -0.15) is 13.2 Å². The molecular formula is C20H14Cl2F3N3O2S. The van der Waals surface area contributed by atoms with Crippen LogP contribution >= 0.6 is 34.5 Å². The normalized spacial score (nSPS) is 11.3. The van der Waals surface area contributed by atoms with Gasteiger partial charge in [0.15, 0.2) is 0 Å². The van der Waals surface area contributed by atoms with Crippen LogP contribution in [0, 0.1) is 6.92 Å². The fraction of sp³-hybridized carbons (Fsp3) is 0.150. The van der Waals surface area contributed by atoms with Crippen molar-refractivity contribution in [2.24, 2.45) is 0 Å². The molecule has 3 rings (SSSR count). The summed E-state index contributed by atoms with van der Waals surface area (Å²) >= 11 is 13.2. The summed E-state index contributed by atoms with van der Waals surface area (Å²) in [6.45, 7) is 0.243. The predicted molar refractivity (Wildman–Crippen MR) is 115 cm³/mol. The third kappa shape index (κ3) is 5.96. The molecule has 3 aromatic rings. The lowest BCUT2D eigenvalue weighted by atomic mass is 10.1. The van der Waals surface area contributed by atoms with Crippen LogP contribution in [0.15, 0.2) is 41.8 Å². The van der Waals surface area contributed by atoms with E-state index in [1.165, 1.54) is 29.5 Å². The van der Waals surface area contributed by atoms with Gasteiger partial charge in [0.25, 0.3) is 11.8 Å². The number of halogens is 5. The highest BCUT2D eigenvalue weighted by molar-refractivity contribution is 7.13. The Morgan fingerprint density at radius 2 is 1.81 bits per heavy atom. The SMILES string of the molecule is Cc1ccc(C(=O)NCC(F)(F)F)cc1NC(=O)c1csc(-c2ccc(Cl)c(Cl)c2)n1. The molecule has 0 spiro atoms. The minimum Gasteiger partial charge on any atom is -0.343 e. The fourth-order valence-corrected chi connectivity index (χ4v) is 3.60. The van der Waals surface area contributed by atoms with Gasteiger partial charge in [0.1, 0.15) is 17.2 Å². The number of hydrogen-bond acceptors (Lipinski definition) is 4. The van der Waals surface area contributed by atoms with E-state index in [2.05, 4.69) is 10.3 Å². The number of nitrogens with one attached hydrogen (secondary N) is 2. The van der Waals surface area contributed by atoms with Crippen molar-refractivity contribution in [2.45, 2.75) is 13.1 Å². The van der Waals surface area contributed by atoms with E-state index in [0.29, 0.717) is 26.2 Å². The standard InChI is InChI=1S/C20H14Cl2F3N3O2S/c1-10-2-3-11(17(29)26-9-20(23,24)25)7-15(10)27-18(30)16-8-31-19(28-16)12-4-5-13(21)14(22)6-12/h2-8H,9H2,1H3,(H,26,29)(H,27,30). The zero-order valence-corrected chi connectivity index (χ0v) is 18.1. The second-order valence-electron chi connectivity index (χ2n) is 6.45. The third-order valence-electron chi connectivity index (χ3n) is 4.10. The Hall–Kier alpha value is -2.62. The van der Waals surface area contributed by atoms with Crippen molar-refractivity contribution in [3.63, 3.8) is 0 Å². The molecule has 31 heavy (non-hydrogen) atoms. The van der Waals surface area contributed by atoms with Crippen LogP contribution in [-0.2, 0) is 0 Å². The lowest BCUT2D eigenvalue weighted by molar-refractivity contribution is -0.123. The first-order valence-corrected chi connectivity index (χ1v) is 10.3. The molecule has 0 unspecified atom stereocenters. The molecule has 0 saturated carbocycles. The van der Waals surface area contributed by atoms with Crippen LogP contribution in [0.3, 0.4) is 0 Å². The minimum atomic E-state index is -4.52. The smallest absolute Gasteiger partial charge is 0.343 e. The number of nitrogens with zero attached hydrogens (tertiary/aromatic N) is 1. The second kappa shape index (κ2) is 9.25. The van der Waals surface area contributed by atoms with Crippen molar-refractivity contribution in [1.29, 1.82) is 0 Å². The molecule has 1 heterocycles. The summed E-state index contributed by atoms with van der Waals surface area (Å²) in [6, 6.07) is 9.20. The van der Waals surface area contributed by atoms with Crippen LogP contribution < -0.4 is 10.6 Å². The van der Waals surface area contributed by atoms with E-state index in [4.69, 9.17) is 23.2 Å². The van der Waals surface area contributed by atoms with E-state index in [0.717, 1.165) is 0 Å². The maximum atomic E-state index is 12.6. The van der Waals surface area contributed by atoms with E-state index >= 15 is 0 Å². The molecule has 0 fully saturated rings. The molecule has 11 heteroatoms. The fourth-order valence-electron chi connectivity index (χ4n) is 2.51. The number of benzene rings is 2. The van der Waals surface area contributed by atoms with Gasteiger partial charge < -0.3 is 10.6 Å². The van der Waals surface area contributed by atoms with Gasteiger partial charge in [0.2, 0.25) is 0 Å². The van der Waals surface area contributed by atoms with Gasteiger partial charge in [-0.1, -0.05) is 35.3 Å². The second-order valence-corrected chi connectivity index (χ2v) is 8.12. The van der Waals surface area contributed by atoms with E-state index < -0.39 is 24.5 Å². The summed E-state index contributed by atoms with van der Waals surface area (Å²) in [4.78, 5) is 28.9. The van der Waals surface area contributed by atoms with Crippen molar-refractivity contribution in [2.75, 3.05) is 11.9 Å². The van der Waals surface area contributed by atoms with Gasteiger partial charge in [-0.05, 0) is 36.8 Å². The van der Waals surface area contributed by atoms with E-state index in [1.54, 1.807) is 35.8 Å². The highest BCUT2D eigenvalue weighted by Gasteiger charge is 2.28. The average Bonchev–Trinajstić information content (AvgIpc) is 3.19. The van der Waals surface area contributed by atoms with Gasteiger partial charge in [-0.25, -0.2) is 4.98 Å². The zero-order valence-electron chi connectivity index (χ0n) is 15.8. The average molecular weight is 488 g/mol. The van der Waals surface area contributed by atoms with Crippen LogP contribution in [0.1, 0.15) is 26.4 Å². The number of alkyl halides is 3. The number of hydrogen-bond donors (Lipinski definition) is 2. The molecule has 0 atom stereocenters. The number of thiazole rings is 1. The Morgan fingerprint density at radius 3 is 2.48 bits per heavy atom. The van der Waals surface area contributed by atoms with Crippen LogP contribution in [-0.4, -0.2) is 29.5 Å². The third-order valence-corrected chi connectivity index (χ3v) is 5.73. The van der Waals surface area contributed by atoms with Crippen LogP contribution in [0.25, 0.3) is 10.6 Å². The lowest BCUT2D eigenvalue weighted by Gasteiger charge is -2.11. The van der Waals surface area contributed by atoms with Crippen molar-refractivity contribution in [1.82, 2.24) is 10.3 Å². The molecule has 0 bridgehead atoms. The van der Waals surface area contributed by atoms with Gasteiger partial charge in [0, 0.05) is 22.2 Å². The van der Waals surface area contributed by atoms with Crippen LogP contribution in [0.2, 0.25) is 10.0 Å². The van der Waals surface area contributed by atoms with Gasteiger partial charge in [0.05, 0.1) is 10.0 Å². The van der Waals surface area contributed by atoms with Crippen molar-refractivity contribution < 1.29 is 22.8 Å². The molecule has 2 aromatic carbocycles. The number of anilines is 1. The Kier molecular flexibility index (Phi) is 6.88. The van der Waals surface area contributed by atoms with Gasteiger partial charge in [-0.15, -0.1) is 11.3 Å². The molecular weight excluding hydrogens is 474 g/mol. The monoisotopic (exact) mass is 487 g/mol. The van der Waals surface area contributed by atoms with E-state index in [1.807, 2.05) is 0 Å². The summed E-state index contributed by atoms with van der Waals surface area (Å²) < 4.78 is 36.9. The van der Waals surface area contributed by atoms with E-state index in [9.17, 15) is 22.8 Å². The van der Waals surface area contributed by atoms with Crippen molar-refractivity contribution in [3.05, 3.63) is 68.6 Å². The van der Waals surface area contributed by atoms with E-state index in [-0.39, 0.29) is 16.9 Å². The van der Waals surface area contributed by atoms with Gasteiger partial charge >= 0.3 is 6.18 Å². The predicted octanol–water partition coefficient (Wildman–Crippen LogP) is 5.97. The van der Waals surface area contributed by atoms with Crippen LogP contribution in [0.4, 0.5) is 18.9 Å². The molecule has 2 amide bonds. The molecule has 0 aliphatic heterocycles. The highest BCUT2D eigenvalue weighted by atomic mass is 35.5. The number of carbonyl (C=O) groups is 2. The summed E-state index contributed by atoms with van der Waals surface area (Å²) in [7, 11) is 0. The first-order chi connectivity index (χ1) is 14.5. The first kappa shape index (κ1) is 23.1. The molecule has 0 saturated heterocycles. The Morgan fingerprint density at radius 1 is 1.06 bits per heavy atom. The Bertz CT molecular complexity index is 1150. The maximum absolute atomic E-state index is 12.6.